The number of carbonyl (C=O) groups excluding carboxylic acids is 1. The van der Waals surface area contributed by atoms with Gasteiger partial charge in [-0.05, 0) is 43.6 Å². The van der Waals surface area contributed by atoms with Gasteiger partial charge in [-0.25, -0.2) is 4.98 Å². The van der Waals surface area contributed by atoms with Crippen LogP contribution in [0.1, 0.15) is 80.0 Å². The van der Waals surface area contributed by atoms with E-state index in [9.17, 15) is 4.79 Å². The SMILES string of the molecule is COCCOCC(C)(C)c1cc(-c2cc(C3CCCC3)c(OCC3CC3)nc2C(N)=O)on1. The van der Waals surface area contributed by atoms with Gasteiger partial charge < -0.3 is 24.5 Å². The zero-order valence-corrected chi connectivity index (χ0v) is 19.9. The Labute approximate surface area is 195 Å². The van der Waals surface area contributed by atoms with Gasteiger partial charge in [0.1, 0.15) is 5.69 Å². The first-order valence-electron chi connectivity index (χ1n) is 11.9. The van der Waals surface area contributed by atoms with Crippen LogP contribution < -0.4 is 10.5 Å². The first-order valence-corrected chi connectivity index (χ1v) is 11.9. The fraction of sp³-hybridized carbons (Fsp3) is 0.640. The van der Waals surface area contributed by atoms with Crippen LogP contribution in [0.5, 0.6) is 5.88 Å². The van der Waals surface area contributed by atoms with Crippen LogP contribution in [0.25, 0.3) is 11.3 Å². The monoisotopic (exact) mass is 457 g/mol. The Kier molecular flexibility index (Phi) is 7.34. The van der Waals surface area contributed by atoms with Gasteiger partial charge in [0.15, 0.2) is 5.76 Å². The molecule has 2 saturated carbocycles. The lowest BCUT2D eigenvalue weighted by Gasteiger charge is -2.21. The van der Waals surface area contributed by atoms with Crippen LogP contribution in [0.3, 0.4) is 0 Å². The molecule has 33 heavy (non-hydrogen) atoms. The third-order valence-electron chi connectivity index (χ3n) is 6.56. The van der Waals surface area contributed by atoms with Gasteiger partial charge in [0.05, 0.1) is 37.7 Å². The van der Waals surface area contributed by atoms with Crippen molar-refractivity contribution in [2.24, 2.45) is 11.7 Å². The number of amides is 1. The van der Waals surface area contributed by atoms with Gasteiger partial charge >= 0.3 is 0 Å². The lowest BCUT2D eigenvalue weighted by molar-refractivity contribution is 0.0470. The topological polar surface area (TPSA) is 110 Å². The first-order chi connectivity index (χ1) is 15.9. The number of hydrogen-bond donors (Lipinski definition) is 1. The molecule has 0 unspecified atom stereocenters. The minimum absolute atomic E-state index is 0.152. The first kappa shape index (κ1) is 23.7. The molecule has 0 radical (unpaired) electrons. The molecule has 2 aromatic rings. The highest BCUT2D eigenvalue weighted by Crippen LogP contribution is 2.42. The molecule has 2 aliphatic rings. The molecule has 0 saturated heterocycles. The quantitative estimate of drug-likeness (QED) is 0.475. The molecule has 180 valence electrons. The largest absolute Gasteiger partial charge is 0.477 e. The van der Waals surface area contributed by atoms with E-state index in [1.165, 1.54) is 25.7 Å². The van der Waals surface area contributed by atoms with Crippen LogP contribution in [-0.4, -0.2) is 49.6 Å². The van der Waals surface area contributed by atoms with Crippen molar-refractivity contribution in [1.29, 1.82) is 0 Å². The van der Waals surface area contributed by atoms with Gasteiger partial charge in [-0.2, -0.15) is 0 Å². The Morgan fingerprint density at radius 3 is 2.61 bits per heavy atom. The van der Waals surface area contributed by atoms with Crippen LogP contribution in [0.4, 0.5) is 0 Å². The second kappa shape index (κ2) is 10.2. The van der Waals surface area contributed by atoms with Crippen LogP contribution in [-0.2, 0) is 14.9 Å². The highest BCUT2D eigenvalue weighted by Gasteiger charge is 2.30. The normalized spacial score (nSPS) is 16.9. The summed E-state index contributed by atoms with van der Waals surface area (Å²) in [5, 5.41) is 4.28. The Morgan fingerprint density at radius 2 is 1.94 bits per heavy atom. The summed E-state index contributed by atoms with van der Waals surface area (Å²) in [4.78, 5) is 17.0. The third-order valence-corrected chi connectivity index (χ3v) is 6.56. The van der Waals surface area contributed by atoms with E-state index in [-0.39, 0.29) is 11.1 Å². The van der Waals surface area contributed by atoms with E-state index in [1.807, 2.05) is 26.0 Å². The number of nitrogens with two attached hydrogens (primary N) is 1. The minimum atomic E-state index is -0.612. The molecule has 2 heterocycles. The lowest BCUT2D eigenvalue weighted by atomic mass is 9.89. The van der Waals surface area contributed by atoms with Crippen molar-refractivity contribution < 1.29 is 23.5 Å². The number of nitrogens with zero attached hydrogens (tertiary/aromatic N) is 2. The number of carbonyl (C=O) groups is 1. The molecule has 2 N–H and O–H groups in total. The van der Waals surface area contributed by atoms with Gasteiger partial charge in [0.25, 0.3) is 5.91 Å². The molecule has 0 aromatic carbocycles. The number of aromatic nitrogens is 2. The van der Waals surface area contributed by atoms with Gasteiger partial charge in [-0.1, -0.05) is 31.8 Å². The van der Waals surface area contributed by atoms with Crippen LogP contribution in [0.15, 0.2) is 16.7 Å². The molecule has 8 nitrogen and oxygen atoms in total. The predicted octanol–water partition coefficient (Wildman–Crippen LogP) is 4.22. The summed E-state index contributed by atoms with van der Waals surface area (Å²) in [6.07, 6.45) is 6.91. The van der Waals surface area contributed by atoms with E-state index in [0.29, 0.717) is 55.5 Å². The molecular formula is C25H35N3O5. The predicted molar refractivity (Wildman–Crippen MR) is 123 cm³/mol. The van der Waals surface area contributed by atoms with E-state index in [2.05, 4.69) is 10.1 Å². The van der Waals surface area contributed by atoms with Crippen LogP contribution in [0, 0.1) is 5.92 Å². The van der Waals surface area contributed by atoms with Crippen molar-refractivity contribution in [2.45, 2.75) is 63.7 Å². The average molecular weight is 458 g/mol. The minimum Gasteiger partial charge on any atom is -0.477 e. The maximum atomic E-state index is 12.3. The fourth-order valence-corrected chi connectivity index (χ4v) is 4.28. The molecule has 0 atom stereocenters. The van der Waals surface area contributed by atoms with E-state index in [0.717, 1.165) is 24.1 Å². The van der Waals surface area contributed by atoms with E-state index in [1.54, 1.807) is 7.11 Å². The zero-order valence-electron chi connectivity index (χ0n) is 19.9. The van der Waals surface area contributed by atoms with E-state index < -0.39 is 5.91 Å². The highest BCUT2D eigenvalue weighted by molar-refractivity contribution is 5.97. The van der Waals surface area contributed by atoms with Crippen molar-refractivity contribution in [2.75, 3.05) is 33.5 Å². The summed E-state index contributed by atoms with van der Waals surface area (Å²) >= 11 is 0. The summed E-state index contributed by atoms with van der Waals surface area (Å²) in [5.74, 6) is 1.35. The highest BCUT2D eigenvalue weighted by atomic mass is 16.5. The summed E-state index contributed by atoms with van der Waals surface area (Å²) in [6, 6.07) is 3.84. The van der Waals surface area contributed by atoms with Gasteiger partial charge in [0.2, 0.25) is 5.88 Å². The maximum absolute atomic E-state index is 12.3. The zero-order chi connectivity index (χ0) is 23.4. The second-order valence-corrected chi connectivity index (χ2v) is 9.88. The molecule has 0 aliphatic heterocycles. The lowest BCUT2D eigenvalue weighted by Crippen LogP contribution is -2.25. The van der Waals surface area contributed by atoms with Crippen molar-refractivity contribution in [3.8, 4) is 17.2 Å². The molecule has 1 amide bonds. The Balaban J connectivity index is 1.64. The second-order valence-electron chi connectivity index (χ2n) is 9.88. The van der Waals surface area contributed by atoms with Gasteiger partial charge in [-0.3, -0.25) is 4.79 Å². The number of hydrogen-bond acceptors (Lipinski definition) is 7. The number of rotatable bonds is 12. The number of methoxy groups -OCH3 is 1. The van der Waals surface area contributed by atoms with Crippen LogP contribution >= 0.6 is 0 Å². The van der Waals surface area contributed by atoms with Crippen molar-refractivity contribution >= 4 is 5.91 Å². The Bertz CT molecular complexity index is 961. The van der Waals surface area contributed by atoms with Crippen molar-refractivity contribution in [1.82, 2.24) is 10.1 Å². The molecule has 8 heteroatoms. The molecule has 0 spiro atoms. The summed E-state index contributed by atoms with van der Waals surface area (Å²) in [5.41, 5.74) is 7.84. The average Bonchev–Trinajstić information content (AvgIpc) is 3.25. The molecule has 2 aromatic heterocycles. The van der Waals surface area contributed by atoms with Crippen LogP contribution in [0.2, 0.25) is 0 Å². The standard InChI is InChI=1S/C25H35N3O5/c1-25(2,15-31-11-10-30-3)21-13-20(33-28-21)19-12-18(17-6-4-5-7-17)24(27-22(19)23(26)29)32-14-16-8-9-16/h12-13,16-17H,4-11,14-15H2,1-3H3,(H2,26,29). The van der Waals surface area contributed by atoms with Gasteiger partial charge in [0, 0.05) is 24.2 Å². The van der Waals surface area contributed by atoms with Gasteiger partial charge in [-0.15, -0.1) is 0 Å². The Morgan fingerprint density at radius 1 is 1.18 bits per heavy atom. The molecule has 2 aliphatic carbocycles. The third kappa shape index (κ3) is 5.73. The number of pyridine rings is 1. The summed E-state index contributed by atoms with van der Waals surface area (Å²) in [7, 11) is 1.64. The fourth-order valence-electron chi connectivity index (χ4n) is 4.28. The smallest absolute Gasteiger partial charge is 0.268 e. The maximum Gasteiger partial charge on any atom is 0.268 e. The number of primary amides is 1. The van der Waals surface area contributed by atoms with Crippen molar-refractivity contribution in [3.05, 3.63) is 29.1 Å². The molecule has 4 rings (SSSR count). The Hall–Kier alpha value is -2.45. The number of ether oxygens (including phenoxy) is 3. The summed E-state index contributed by atoms with van der Waals surface area (Å²) < 4.78 is 22.5. The molecule has 2 fully saturated rings. The molecular weight excluding hydrogens is 422 g/mol. The van der Waals surface area contributed by atoms with E-state index in [4.69, 9.17) is 24.5 Å². The van der Waals surface area contributed by atoms with E-state index >= 15 is 0 Å². The summed E-state index contributed by atoms with van der Waals surface area (Å²) in [6.45, 7) is 6.21. The molecule has 0 bridgehead atoms. The van der Waals surface area contributed by atoms with Crippen molar-refractivity contribution in [3.63, 3.8) is 0 Å².